The lowest BCUT2D eigenvalue weighted by molar-refractivity contribution is 0.405. The average Bonchev–Trinajstić information content (AvgIpc) is 2.29. The van der Waals surface area contributed by atoms with Crippen molar-refractivity contribution in [1.29, 1.82) is 5.26 Å². The summed E-state index contributed by atoms with van der Waals surface area (Å²) in [6.45, 7) is 3.82. The maximum absolute atomic E-state index is 9.07. The van der Waals surface area contributed by atoms with Gasteiger partial charge in [0.25, 0.3) is 0 Å². The van der Waals surface area contributed by atoms with Crippen LogP contribution in [0, 0.1) is 25.2 Å². The van der Waals surface area contributed by atoms with E-state index in [9.17, 15) is 0 Å². The molecule has 86 valence electrons. The second kappa shape index (κ2) is 5.20. The Morgan fingerprint density at radius 3 is 2.56 bits per heavy atom. The smallest absolute Gasteiger partial charge is 0.125 e. The van der Waals surface area contributed by atoms with Crippen LogP contribution in [0.4, 0.5) is 0 Å². The predicted molar refractivity (Wildman–Crippen MR) is 64.9 cm³/mol. The zero-order valence-electron chi connectivity index (χ0n) is 9.89. The molecule has 0 heterocycles. The van der Waals surface area contributed by atoms with Gasteiger partial charge in [-0.15, -0.1) is 0 Å². The number of rotatable bonds is 3. The van der Waals surface area contributed by atoms with Gasteiger partial charge in [0.15, 0.2) is 0 Å². The van der Waals surface area contributed by atoms with Gasteiger partial charge in [-0.1, -0.05) is 11.6 Å². The minimum Gasteiger partial charge on any atom is -0.496 e. The molecule has 1 rings (SSSR count). The maximum Gasteiger partial charge on any atom is 0.125 e. The zero-order chi connectivity index (χ0) is 12.3. The van der Waals surface area contributed by atoms with E-state index < -0.39 is 6.04 Å². The number of nitriles is 1. The molecule has 1 atom stereocenters. The van der Waals surface area contributed by atoms with Crippen molar-refractivity contribution in [3.8, 4) is 11.8 Å². The van der Waals surface area contributed by atoms with E-state index in [2.05, 4.69) is 11.4 Å². The third kappa shape index (κ3) is 2.13. The fraction of sp³-hybridized carbons (Fsp3) is 0.417. The van der Waals surface area contributed by atoms with Gasteiger partial charge in [0.05, 0.1) is 13.2 Å². The van der Waals surface area contributed by atoms with Crippen LogP contribution in [0.15, 0.2) is 6.07 Å². The molecule has 0 aliphatic heterocycles. The molecule has 1 N–H and O–H groups in total. The van der Waals surface area contributed by atoms with E-state index in [1.54, 1.807) is 14.2 Å². The highest BCUT2D eigenvalue weighted by Crippen LogP contribution is 2.35. The van der Waals surface area contributed by atoms with Crippen LogP contribution in [0.2, 0.25) is 5.02 Å². The molecule has 0 fully saturated rings. The first-order chi connectivity index (χ1) is 7.56. The molecule has 0 saturated heterocycles. The summed E-state index contributed by atoms with van der Waals surface area (Å²) in [6.07, 6.45) is 0. The van der Waals surface area contributed by atoms with Crippen molar-refractivity contribution < 1.29 is 4.74 Å². The van der Waals surface area contributed by atoms with Crippen LogP contribution in [0.1, 0.15) is 22.7 Å². The van der Waals surface area contributed by atoms with Gasteiger partial charge in [-0.3, -0.25) is 0 Å². The first kappa shape index (κ1) is 12.8. The van der Waals surface area contributed by atoms with Gasteiger partial charge in [-0.05, 0) is 38.1 Å². The Morgan fingerprint density at radius 2 is 2.12 bits per heavy atom. The number of methoxy groups -OCH3 is 1. The topological polar surface area (TPSA) is 45.0 Å². The molecule has 0 amide bonds. The monoisotopic (exact) mass is 238 g/mol. The van der Waals surface area contributed by atoms with Crippen molar-refractivity contribution >= 4 is 11.6 Å². The molecule has 0 aromatic heterocycles. The van der Waals surface area contributed by atoms with E-state index in [4.69, 9.17) is 21.6 Å². The van der Waals surface area contributed by atoms with E-state index >= 15 is 0 Å². The highest BCUT2D eigenvalue weighted by atomic mass is 35.5. The van der Waals surface area contributed by atoms with Crippen molar-refractivity contribution in [1.82, 2.24) is 5.32 Å². The lowest BCUT2D eigenvalue weighted by atomic mass is 9.98. The molecule has 0 bridgehead atoms. The Labute approximate surface area is 101 Å². The number of halogens is 1. The number of hydrogen-bond acceptors (Lipinski definition) is 3. The molecule has 0 radical (unpaired) electrons. The fourth-order valence-electron chi connectivity index (χ4n) is 1.74. The molecule has 3 nitrogen and oxygen atoms in total. The minimum absolute atomic E-state index is 0.409. The van der Waals surface area contributed by atoms with E-state index in [1.807, 2.05) is 19.9 Å². The fourth-order valence-corrected chi connectivity index (χ4v) is 1.89. The molecule has 1 unspecified atom stereocenters. The molecule has 0 aliphatic carbocycles. The highest BCUT2D eigenvalue weighted by molar-refractivity contribution is 6.32. The number of benzene rings is 1. The molecule has 4 heteroatoms. The summed E-state index contributed by atoms with van der Waals surface area (Å²) >= 11 is 6.18. The van der Waals surface area contributed by atoms with Gasteiger partial charge in [-0.25, -0.2) is 0 Å². The van der Waals surface area contributed by atoms with Crippen LogP contribution in [-0.2, 0) is 0 Å². The first-order valence-corrected chi connectivity index (χ1v) is 5.35. The predicted octanol–water partition coefficient (Wildman–Crippen LogP) is 2.75. The Morgan fingerprint density at radius 1 is 1.50 bits per heavy atom. The summed E-state index contributed by atoms with van der Waals surface area (Å²) in [6, 6.07) is 3.62. The number of hydrogen-bond donors (Lipinski definition) is 1. The standard InChI is InChI=1S/C12H15ClN2O/c1-7-5-10(16-4)11(8(2)12(7)13)9(6-14)15-3/h5,9,15H,1-4H3. The van der Waals surface area contributed by atoms with Crippen LogP contribution >= 0.6 is 11.6 Å². The largest absolute Gasteiger partial charge is 0.496 e. The van der Waals surface area contributed by atoms with Gasteiger partial charge in [0, 0.05) is 10.6 Å². The van der Waals surface area contributed by atoms with Crippen LogP contribution < -0.4 is 10.1 Å². The summed E-state index contributed by atoms with van der Waals surface area (Å²) in [5.74, 6) is 0.695. The zero-order valence-corrected chi connectivity index (χ0v) is 10.6. The van der Waals surface area contributed by atoms with Crippen molar-refractivity contribution in [2.45, 2.75) is 19.9 Å². The third-order valence-electron chi connectivity index (χ3n) is 2.62. The Bertz CT molecular complexity index is 438. The summed E-state index contributed by atoms with van der Waals surface area (Å²) in [7, 11) is 3.33. The lowest BCUT2D eigenvalue weighted by Crippen LogP contribution is -2.16. The van der Waals surface area contributed by atoms with E-state index in [0.29, 0.717) is 10.8 Å². The van der Waals surface area contributed by atoms with Crippen molar-refractivity contribution in [2.24, 2.45) is 0 Å². The minimum atomic E-state index is -0.409. The molecular weight excluding hydrogens is 224 g/mol. The molecule has 0 saturated carbocycles. The second-order valence-electron chi connectivity index (χ2n) is 3.60. The Balaban J connectivity index is 3.47. The summed E-state index contributed by atoms with van der Waals surface area (Å²) in [5, 5.41) is 12.7. The molecule has 1 aromatic carbocycles. The molecule has 1 aromatic rings. The summed E-state index contributed by atoms with van der Waals surface area (Å²) < 4.78 is 5.30. The van der Waals surface area contributed by atoms with Crippen molar-refractivity contribution in [2.75, 3.05) is 14.2 Å². The number of ether oxygens (including phenoxy) is 1. The molecule has 0 aliphatic rings. The van der Waals surface area contributed by atoms with Gasteiger partial charge in [-0.2, -0.15) is 5.26 Å². The molecular formula is C12H15ClN2O. The summed E-state index contributed by atoms with van der Waals surface area (Å²) in [5.41, 5.74) is 2.65. The molecule has 0 spiro atoms. The van der Waals surface area contributed by atoms with E-state index in [0.717, 1.165) is 16.7 Å². The normalized spacial score (nSPS) is 12.0. The Kier molecular flexibility index (Phi) is 4.17. The van der Waals surface area contributed by atoms with Crippen molar-refractivity contribution in [3.05, 3.63) is 27.8 Å². The quantitative estimate of drug-likeness (QED) is 0.881. The van der Waals surface area contributed by atoms with Crippen LogP contribution in [0.5, 0.6) is 5.75 Å². The van der Waals surface area contributed by atoms with Gasteiger partial charge in [0.1, 0.15) is 11.8 Å². The van der Waals surface area contributed by atoms with Crippen LogP contribution in [-0.4, -0.2) is 14.2 Å². The highest BCUT2D eigenvalue weighted by Gasteiger charge is 2.19. The number of nitrogens with zero attached hydrogens (tertiary/aromatic N) is 1. The summed E-state index contributed by atoms with van der Waals surface area (Å²) in [4.78, 5) is 0. The first-order valence-electron chi connectivity index (χ1n) is 4.97. The number of nitrogens with one attached hydrogen (secondary N) is 1. The SMILES string of the molecule is CNC(C#N)c1c(OC)cc(C)c(Cl)c1C. The van der Waals surface area contributed by atoms with E-state index in [1.165, 1.54) is 0 Å². The van der Waals surface area contributed by atoms with Crippen LogP contribution in [0.3, 0.4) is 0 Å². The number of aryl methyl sites for hydroxylation is 1. The second-order valence-corrected chi connectivity index (χ2v) is 3.98. The van der Waals surface area contributed by atoms with Crippen molar-refractivity contribution in [3.63, 3.8) is 0 Å². The maximum atomic E-state index is 9.07. The van der Waals surface area contributed by atoms with Crippen LogP contribution in [0.25, 0.3) is 0 Å². The van der Waals surface area contributed by atoms with Gasteiger partial charge >= 0.3 is 0 Å². The average molecular weight is 239 g/mol. The van der Waals surface area contributed by atoms with Gasteiger partial charge in [0.2, 0.25) is 0 Å². The van der Waals surface area contributed by atoms with E-state index in [-0.39, 0.29) is 0 Å². The Hall–Kier alpha value is -1.24. The molecule has 16 heavy (non-hydrogen) atoms. The third-order valence-corrected chi connectivity index (χ3v) is 3.20. The van der Waals surface area contributed by atoms with Gasteiger partial charge < -0.3 is 10.1 Å². The lowest BCUT2D eigenvalue weighted by Gasteiger charge is -2.18.